The minimum Gasteiger partial charge on any atom is -0.748 e. The zero-order chi connectivity index (χ0) is 9.12. The second-order valence-corrected chi connectivity index (χ2v) is 4.47. The fourth-order valence-electron chi connectivity index (χ4n) is 1.28. The predicted molar refractivity (Wildman–Crippen MR) is 43.3 cm³/mol. The van der Waals surface area contributed by atoms with Crippen molar-refractivity contribution in [1.82, 2.24) is 0 Å². The van der Waals surface area contributed by atoms with Crippen molar-refractivity contribution in [3.05, 3.63) is 0 Å². The molecule has 0 rings (SSSR count). The summed E-state index contributed by atoms with van der Waals surface area (Å²) in [6, 6.07) is 0. The fourth-order valence-corrected chi connectivity index (χ4v) is 2.34. The van der Waals surface area contributed by atoms with E-state index in [1.165, 1.54) is 0 Å². The molecule has 0 unspecified atom stereocenters. The van der Waals surface area contributed by atoms with E-state index in [0.29, 0.717) is 19.3 Å². The Bertz CT molecular complexity index is 198. The van der Waals surface area contributed by atoms with Crippen molar-refractivity contribution in [2.24, 2.45) is 0 Å². The molecule has 0 aliphatic carbocycles. The van der Waals surface area contributed by atoms with Gasteiger partial charge in [0.15, 0.2) is 0 Å². The molecule has 0 aromatic carbocycles. The van der Waals surface area contributed by atoms with Crippen LogP contribution < -0.4 is 29.6 Å². The Hall–Kier alpha value is 0.910. The van der Waals surface area contributed by atoms with Gasteiger partial charge in [0.25, 0.3) is 0 Å². The van der Waals surface area contributed by atoms with E-state index in [-0.39, 0.29) is 29.6 Å². The first kappa shape index (κ1) is 15.4. The Labute approximate surface area is 97.0 Å². The number of hydrogen-bond acceptors (Lipinski definition) is 3. The summed E-state index contributed by atoms with van der Waals surface area (Å²) in [4.78, 5) is 0. The molecule has 0 aromatic rings. The average molecular weight is 202 g/mol. The Balaban J connectivity index is 0. The average Bonchev–Trinajstić information content (AvgIpc) is 1.90. The summed E-state index contributed by atoms with van der Waals surface area (Å²) in [6.45, 7) is 5.22. The zero-order valence-electron chi connectivity index (χ0n) is 8.25. The van der Waals surface area contributed by atoms with Crippen LogP contribution in [0.5, 0.6) is 0 Å². The van der Waals surface area contributed by atoms with Gasteiger partial charge < -0.3 is 4.55 Å². The maximum atomic E-state index is 10.8. The van der Waals surface area contributed by atoms with Crippen LogP contribution in [0.1, 0.15) is 40.0 Å². The molecule has 68 valence electrons. The smallest absolute Gasteiger partial charge is 0.748 e. The van der Waals surface area contributed by atoms with Gasteiger partial charge in [0.1, 0.15) is 10.1 Å². The van der Waals surface area contributed by atoms with Crippen molar-refractivity contribution in [1.29, 1.82) is 0 Å². The first-order chi connectivity index (χ1) is 4.93. The third-order valence-corrected chi connectivity index (χ3v) is 4.39. The molecule has 0 heterocycles. The van der Waals surface area contributed by atoms with Gasteiger partial charge in [-0.15, -0.1) is 0 Å². The standard InChI is InChI=1S/C7H16O3S.Na/c1-4-7(5-2,6-3)11(8,9)10;/h4-6H2,1-3H3,(H,8,9,10);/q;+1/p-1. The third-order valence-electron chi connectivity index (χ3n) is 2.46. The molecule has 0 saturated carbocycles. The van der Waals surface area contributed by atoms with E-state index < -0.39 is 14.9 Å². The fraction of sp³-hybridized carbons (Fsp3) is 1.00. The number of rotatable bonds is 4. The molecule has 0 aliphatic rings. The SMILES string of the molecule is CCC(CC)(CC)S(=O)(=O)[O-].[Na+]. The summed E-state index contributed by atoms with van der Waals surface area (Å²) >= 11 is 0. The predicted octanol–water partition coefficient (Wildman–Crippen LogP) is -1.50. The van der Waals surface area contributed by atoms with Gasteiger partial charge in [0.05, 0.1) is 4.75 Å². The largest absolute Gasteiger partial charge is 1.00 e. The van der Waals surface area contributed by atoms with Crippen LogP contribution in [0, 0.1) is 0 Å². The van der Waals surface area contributed by atoms with Crippen molar-refractivity contribution < 1.29 is 42.5 Å². The minimum absolute atomic E-state index is 0. The molecule has 0 N–H and O–H groups in total. The Kier molecular flexibility index (Phi) is 7.18. The number of hydrogen-bond donors (Lipinski definition) is 0. The van der Waals surface area contributed by atoms with Gasteiger partial charge in [-0.05, 0) is 19.3 Å². The van der Waals surface area contributed by atoms with Gasteiger partial charge in [-0.25, -0.2) is 8.42 Å². The quantitative estimate of drug-likeness (QED) is 0.412. The summed E-state index contributed by atoms with van der Waals surface area (Å²) in [5.74, 6) is 0. The van der Waals surface area contributed by atoms with Crippen molar-refractivity contribution in [3.63, 3.8) is 0 Å². The Morgan fingerprint density at radius 1 is 1.08 bits per heavy atom. The monoisotopic (exact) mass is 202 g/mol. The van der Waals surface area contributed by atoms with Gasteiger partial charge in [0, 0.05) is 0 Å². The molecule has 0 saturated heterocycles. The van der Waals surface area contributed by atoms with Crippen LogP contribution in [0.3, 0.4) is 0 Å². The first-order valence-electron chi connectivity index (χ1n) is 3.89. The topological polar surface area (TPSA) is 57.2 Å². The molecule has 0 aliphatic heterocycles. The zero-order valence-corrected chi connectivity index (χ0v) is 11.1. The van der Waals surface area contributed by atoms with Gasteiger partial charge in [-0.2, -0.15) is 0 Å². The summed E-state index contributed by atoms with van der Waals surface area (Å²) in [5.41, 5.74) is 0. The maximum Gasteiger partial charge on any atom is 1.00 e. The van der Waals surface area contributed by atoms with Crippen molar-refractivity contribution in [2.45, 2.75) is 44.8 Å². The molecule has 0 bridgehead atoms. The second-order valence-electron chi connectivity index (χ2n) is 2.70. The van der Waals surface area contributed by atoms with Crippen molar-refractivity contribution in [3.8, 4) is 0 Å². The minimum atomic E-state index is -4.13. The van der Waals surface area contributed by atoms with Crippen LogP contribution in [-0.2, 0) is 10.1 Å². The van der Waals surface area contributed by atoms with E-state index in [0.717, 1.165) is 0 Å². The van der Waals surface area contributed by atoms with Crippen LogP contribution >= 0.6 is 0 Å². The van der Waals surface area contributed by atoms with Crippen LogP contribution in [0.25, 0.3) is 0 Å². The van der Waals surface area contributed by atoms with E-state index in [2.05, 4.69) is 0 Å². The van der Waals surface area contributed by atoms with Crippen molar-refractivity contribution >= 4 is 10.1 Å². The molecule has 3 nitrogen and oxygen atoms in total. The van der Waals surface area contributed by atoms with Crippen LogP contribution in [0.4, 0.5) is 0 Å². The molecule has 12 heavy (non-hydrogen) atoms. The van der Waals surface area contributed by atoms with Crippen LogP contribution in [-0.4, -0.2) is 17.7 Å². The second kappa shape index (κ2) is 5.60. The van der Waals surface area contributed by atoms with Crippen molar-refractivity contribution in [2.75, 3.05) is 0 Å². The summed E-state index contributed by atoms with van der Waals surface area (Å²) in [7, 11) is -4.13. The molecule has 0 radical (unpaired) electrons. The van der Waals surface area contributed by atoms with Gasteiger partial charge in [-0.3, -0.25) is 0 Å². The van der Waals surface area contributed by atoms with Gasteiger partial charge >= 0.3 is 29.6 Å². The van der Waals surface area contributed by atoms with Gasteiger partial charge in [0.2, 0.25) is 0 Å². The van der Waals surface area contributed by atoms with Gasteiger partial charge in [-0.1, -0.05) is 20.8 Å². The maximum absolute atomic E-state index is 10.8. The molecule has 0 aromatic heterocycles. The van der Waals surface area contributed by atoms with E-state index in [9.17, 15) is 13.0 Å². The summed E-state index contributed by atoms with van der Waals surface area (Å²) in [5, 5.41) is 0. The molecular formula is C7H15NaO3S. The Morgan fingerprint density at radius 3 is 1.33 bits per heavy atom. The van der Waals surface area contributed by atoms with Crippen LogP contribution in [0.15, 0.2) is 0 Å². The normalized spacial score (nSPS) is 12.3. The molecule has 5 heteroatoms. The molecular weight excluding hydrogens is 187 g/mol. The van der Waals surface area contributed by atoms with Crippen LogP contribution in [0.2, 0.25) is 0 Å². The molecule has 0 fully saturated rings. The third kappa shape index (κ3) is 3.00. The Morgan fingerprint density at radius 2 is 1.33 bits per heavy atom. The molecule has 0 spiro atoms. The first-order valence-corrected chi connectivity index (χ1v) is 5.29. The van der Waals surface area contributed by atoms with E-state index in [1.54, 1.807) is 20.8 Å². The summed E-state index contributed by atoms with van der Waals surface area (Å²) in [6.07, 6.45) is 1.23. The summed E-state index contributed by atoms with van der Waals surface area (Å²) < 4.78 is 31.4. The van der Waals surface area contributed by atoms with E-state index in [4.69, 9.17) is 0 Å². The van der Waals surface area contributed by atoms with E-state index in [1.807, 2.05) is 0 Å². The van der Waals surface area contributed by atoms with E-state index >= 15 is 0 Å². The molecule has 0 amide bonds. The molecule has 0 atom stereocenters.